The summed E-state index contributed by atoms with van der Waals surface area (Å²) in [5.74, 6) is 0. The number of nitrogens with zero attached hydrogens (tertiary/aromatic N) is 2. The molecule has 0 unspecified atom stereocenters. The van der Waals surface area contributed by atoms with Gasteiger partial charge in [0.2, 0.25) is 0 Å². The molecule has 0 fully saturated rings. The number of fused-ring (bicyclic) bond motifs is 1. The molecule has 0 spiro atoms. The van der Waals surface area contributed by atoms with Crippen LogP contribution in [0.2, 0.25) is 0 Å². The van der Waals surface area contributed by atoms with Crippen LogP contribution in [0.4, 0.5) is 0 Å². The van der Waals surface area contributed by atoms with Gasteiger partial charge in [0.15, 0.2) is 5.65 Å². The molecule has 1 N–H and O–H groups in total. The van der Waals surface area contributed by atoms with Crippen LogP contribution in [-0.2, 0) is 0 Å². The van der Waals surface area contributed by atoms with Gasteiger partial charge in [-0.15, -0.1) is 4.73 Å². The fraction of sp³-hybridized carbons (Fsp3) is 0. The Kier molecular flexibility index (Phi) is 2.80. The number of hydrogen-bond acceptors (Lipinski definition) is 4. The molecular weight excluding hydrogens is 256 g/mol. The molecule has 0 aliphatic heterocycles. The molecule has 20 heavy (non-hydrogen) atoms. The van der Waals surface area contributed by atoms with E-state index in [9.17, 15) is 14.8 Å². The smallest absolute Gasteiger partial charge is 0.285 e. The van der Waals surface area contributed by atoms with Crippen LogP contribution in [0.1, 0.15) is 10.4 Å². The van der Waals surface area contributed by atoms with Crippen LogP contribution < -0.4 is 5.56 Å². The third kappa shape index (κ3) is 1.85. The maximum absolute atomic E-state index is 11.8. The first-order chi connectivity index (χ1) is 9.70. The van der Waals surface area contributed by atoms with E-state index >= 15 is 0 Å². The second-order valence-electron chi connectivity index (χ2n) is 4.33. The fourth-order valence-corrected chi connectivity index (χ4v) is 2.16. The van der Waals surface area contributed by atoms with Gasteiger partial charge in [0, 0.05) is 23.2 Å². The maximum Gasteiger partial charge on any atom is 0.285 e. The Bertz CT molecular complexity index is 868. The second kappa shape index (κ2) is 4.62. The SMILES string of the molecule is O=Cc1cccc(-c2cc(=O)n(O)c3ncccc23)c1. The molecule has 1 aromatic carbocycles. The van der Waals surface area contributed by atoms with Crippen molar-refractivity contribution in [3.05, 3.63) is 64.6 Å². The van der Waals surface area contributed by atoms with Crippen LogP contribution in [0.3, 0.4) is 0 Å². The minimum Gasteiger partial charge on any atom is -0.423 e. The van der Waals surface area contributed by atoms with Crippen LogP contribution in [0.5, 0.6) is 0 Å². The molecule has 5 nitrogen and oxygen atoms in total. The number of pyridine rings is 2. The highest BCUT2D eigenvalue weighted by molar-refractivity contribution is 5.93. The van der Waals surface area contributed by atoms with Gasteiger partial charge >= 0.3 is 0 Å². The molecule has 3 aromatic rings. The van der Waals surface area contributed by atoms with Crippen molar-refractivity contribution in [1.29, 1.82) is 0 Å². The van der Waals surface area contributed by atoms with Crippen molar-refractivity contribution >= 4 is 17.3 Å². The Hall–Kier alpha value is -2.95. The number of hydrogen-bond donors (Lipinski definition) is 1. The minimum absolute atomic E-state index is 0.187. The summed E-state index contributed by atoms with van der Waals surface area (Å²) in [6, 6.07) is 11.7. The lowest BCUT2D eigenvalue weighted by Gasteiger charge is -2.08. The van der Waals surface area contributed by atoms with Crippen LogP contribution >= 0.6 is 0 Å². The quantitative estimate of drug-likeness (QED) is 0.569. The molecule has 98 valence electrons. The van der Waals surface area contributed by atoms with Gasteiger partial charge in [0.25, 0.3) is 5.56 Å². The van der Waals surface area contributed by atoms with Crippen molar-refractivity contribution < 1.29 is 10.0 Å². The van der Waals surface area contributed by atoms with Gasteiger partial charge in [-0.2, -0.15) is 0 Å². The number of aromatic nitrogens is 2. The summed E-state index contributed by atoms with van der Waals surface area (Å²) in [6.07, 6.45) is 2.25. The standard InChI is InChI=1S/C15H10N2O3/c18-9-10-3-1-4-11(7-10)13-8-14(19)17(20)15-12(13)5-2-6-16-15/h1-9,20H. The first kappa shape index (κ1) is 12.1. The Morgan fingerprint density at radius 3 is 2.80 bits per heavy atom. The third-order valence-electron chi connectivity index (χ3n) is 3.09. The van der Waals surface area contributed by atoms with E-state index in [0.29, 0.717) is 21.2 Å². The fourth-order valence-electron chi connectivity index (χ4n) is 2.16. The number of aldehydes is 1. The largest absolute Gasteiger partial charge is 0.423 e. The normalized spacial score (nSPS) is 10.6. The average molecular weight is 266 g/mol. The summed E-state index contributed by atoms with van der Waals surface area (Å²) >= 11 is 0. The zero-order chi connectivity index (χ0) is 14.1. The van der Waals surface area contributed by atoms with Crippen LogP contribution in [0.15, 0.2) is 53.5 Å². The van der Waals surface area contributed by atoms with Gasteiger partial charge in [-0.1, -0.05) is 18.2 Å². The first-order valence-corrected chi connectivity index (χ1v) is 5.96. The lowest BCUT2D eigenvalue weighted by atomic mass is 10.0. The summed E-state index contributed by atoms with van der Waals surface area (Å²) in [7, 11) is 0. The Morgan fingerprint density at radius 1 is 1.15 bits per heavy atom. The summed E-state index contributed by atoms with van der Waals surface area (Å²) in [4.78, 5) is 26.7. The molecular formula is C15H10N2O3. The van der Waals surface area contributed by atoms with E-state index in [0.717, 1.165) is 11.8 Å². The molecule has 3 rings (SSSR count). The second-order valence-corrected chi connectivity index (χ2v) is 4.33. The highest BCUT2D eigenvalue weighted by atomic mass is 16.5. The van der Waals surface area contributed by atoms with E-state index in [-0.39, 0.29) is 5.65 Å². The maximum atomic E-state index is 11.8. The molecule has 5 heteroatoms. The Labute approximate surface area is 113 Å². The van der Waals surface area contributed by atoms with Gasteiger partial charge in [0.05, 0.1) is 0 Å². The van der Waals surface area contributed by atoms with Gasteiger partial charge in [-0.05, 0) is 29.3 Å². The summed E-state index contributed by atoms with van der Waals surface area (Å²) in [5.41, 5.74) is 1.50. The molecule has 0 aliphatic carbocycles. The van der Waals surface area contributed by atoms with E-state index in [1.165, 1.54) is 12.3 Å². The summed E-state index contributed by atoms with van der Waals surface area (Å²) in [6.45, 7) is 0. The number of carbonyl (C=O) groups excluding carboxylic acids is 1. The van der Waals surface area contributed by atoms with E-state index < -0.39 is 5.56 Å². The molecule has 0 amide bonds. The zero-order valence-corrected chi connectivity index (χ0v) is 10.4. The van der Waals surface area contributed by atoms with Crippen molar-refractivity contribution in [2.24, 2.45) is 0 Å². The first-order valence-electron chi connectivity index (χ1n) is 5.96. The molecule has 0 radical (unpaired) electrons. The molecule has 0 saturated carbocycles. The van der Waals surface area contributed by atoms with Gasteiger partial charge in [0.1, 0.15) is 6.29 Å². The highest BCUT2D eigenvalue weighted by Gasteiger charge is 2.10. The molecule has 0 atom stereocenters. The average Bonchev–Trinajstić information content (AvgIpc) is 2.51. The lowest BCUT2D eigenvalue weighted by Crippen LogP contribution is -2.18. The monoisotopic (exact) mass is 266 g/mol. The Balaban J connectivity index is 2.39. The molecule has 0 saturated heterocycles. The molecule has 0 bridgehead atoms. The minimum atomic E-state index is -0.567. The summed E-state index contributed by atoms with van der Waals surface area (Å²) in [5, 5.41) is 10.4. The van der Waals surface area contributed by atoms with Crippen LogP contribution in [0.25, 0.3) is 22.2 Å². The number of carbonyl (C=O) groups is 1. The summed E-state index contributed by atoms with van der Waals surface area (Å²) < 4.78 is 0.516. The van der Waals surface area contributed by atoms with Crippen molar-refractivity contribution in [2.45, 2.75) is 0 Å². The third-order valence-corrected chi connectivity index (χ3v) is 3.09. The lowest BCUT2D eigenvalue weighted by molar-refractivity contribution is 0.112. The predicted octanol–water partition coefficient (Wildman–Crippen LogP) is 2.11. The van der Waals surface area contributed by atoms with E-state index in [4.69, 9.17) is 0 Å². The van der Waals surface area contributed by atoms with E-state index in [1.54, 1.807) is 36.4 Å². The molecule has 2 aromatic heterocycles. The molecule has 2 heterocycles. The van der Waals surface area contributed by atoms with Crippen molar-refractivity contribution in [3.63, 3.8) is 0 Å². The molecule has 0 aliphatic rings. The van der Waals surface area contributed by atoms with Gasteiger partial charge < -0.3 is 5.21 Å². The van der Waals surface area contributed by atoms with Gasteiger partial charge in [-0.25, -0.2) is 4.98 Å². The number of rotatable bonds is 2. The zero-order valence-electron chi connectivity index (χ0n) is 10.4. The van der Waals surface area contributed by atoms with E-state index in [1.807, 2.05) is 0 Å². The van der Waals surface area contributed by atoms with Gasteiger partial charge in [-0.3, -0.25) is 9.59 Å². The van der Waals surface area contributed by atoms with Crippen molar-refractivity contribution in [1.82, 2.24) is 9.71 Å². The number of benzene rings is 1. The van der Waals surface area contributed by atoms with Crippen molar-refractivity contribution in [2.75, 3.05) is 0 Å². The Morgan fingerprint density at radius 2 is 2.00 bits per heavy atom. The predicted molar refractivity (Wildman–Crippen MR) is 74.0 cm³/mol. The van der Waals surface area contributed by atoms with E-state index in [2.05, 4.69) is 4.98 Å². The van der Waals surface area contributed by atoms with Crippen molar-refractivity contribution in [3.8, 4) is 11.1 Å². The van der Waals surface area contributed by atoms with Crippen LogP contribution in [0, 0.1) is 0 Å². The topological polar surface area (TPSA) is 72.2 Å². The van der Waals surface area contributed by atoms with Crippen LogP contribution in [-0.4, -0.2) is 21.2 Å². The highest BCUT2D eigenvalue weighted by Crippen LogP contribution is 2.26.